The highest BCUT2D eigenvalue weighted by molar-refractivity contribution is 8.00. The lowest BCUT2D eigenvalue weighted by molar-refractivity contribution is 0.537. The molecule has 2 rings (SSSR count). The summed E-state index contributed by atoms with van der Waals surface area (Å²) in [5, 5.41) is 12.4. The number of aromatic nitrogens is 1. The summed E-state index contributed by atoms with van der Waals surface area (Å²) in [5.74, 6) is 1.29. The zero-order valence-electron chi connectivity index (χ0n) is 10.5. The number of aryl methyl sites for hydroxylation is 1. The monoisotopic (exact) mass is 249 g/mol. The summed E-state index contributed by atoms with van der Waals surface area (Å²) in [7, 11) is 1.91. The second kappa shape index (κ2) is 5.16. The molecule has 3 nitrogen and oxygen atoms in total. The van der Waals surface area contributed by atoms with Crippen molar-refractivity contribution in [3.63, 3.8) is 0 Å². The Balaban J connectivity index is 1.84. The molecule has 92 valence electrons. The predicted molar refractivity (Wildman–Crippen MR) is 71.9 cm³/mol. The predicted octanol–water partition coefficient (Wildman–Crippen LogP) is 2.27. The molecule has 1 saturated heterocycles. The first kappa shape index (κ1) is 12.5. The molecule has 4 heteroatoms. The second-order valence-corrected chi connectivity index (χ2v) is 6.64. The minimum absolute atomic E-state index is 0.410. The van der Waals surface area contributed by atoms with E-state index in [4.69, 9.17) is 5.26 Å². The van der Waals surface area contributed by atoms with Gasteiger partial charge in [-0.05, 0) is 37.1 Å². The van der Waals surface area contributed by atoms with E-state index in [-0.39, 0.29) is 0 Å². The molecule has 0 radical (unpaired) electrons. The summed E-state index contributed by atoms with van der Waals surface area (Å²) in [5.41, 5.74) is 1.92. The summed E-state index contributed by atoms with van der Waals surface area (Å²) in [6.45, 7) is 4.24. The van der Waals surface area contributed by atoms with Crippen molar-refractivity contribution < 1.29 is 0 Å². The SMILES string of the molecule is Cn1cc(CNCC2(C)CCCS2)cc1C#N. The number of thioether (sulfide) groups is 1. The zero-order chi connectivity index (χ0) is 12.3. The van der Waals surface area contributed by atoms with Crippen LogP contribution in [0.3, 0.4) is 0 Å². The quantitative estimate of drug-likeness (QED) is 0.890. The number of rotatable bonds is 4. The molecule has 17 heavy (non-hydrogen) atoms. The van der Waals surface area contributed by atoms with Gasteiger partial charge < -0.3 is 9.88 Å². The molecular weight excluding hydrogens is 230 g/mol. The van der Waals surface area contributed by atoms with Crippen LogP contribution in [0.4, 0.5) is 0 Å². The maximum atomic E-state index is 8.88. The fraction of sp³-hybridized carbons (Fsp3) is 0.615. The van der Waals surface area contributed by atoms with Crippen molar-refractivity contribution in [3.05, 3.63) is 23.5 Å². The molecule has 1 unspecified atom stereocenters. The van der Waals surface area contributed by atoms with Crippen molar-refractivity contribution in [2.75, 3.05) is 12.3 Å². The molecule has 1 N–H and O–H groups in total. The lowest BCUT2D eigenvalue weighted by Gasteiger charge is -2.22. The van der Waals surface area contributed by atoms with Crippen LogP contribution in [-0.4, -0.2) is 21.6 Å². The van der Waals surface area contributed by atoms with E-state index in [2.05, 4.69) is 30.1 Å². The summed E-state index contributed by atoms with van der Waals surface area (Å²) in [4.78, 5) is 0. The largest absolute Gasteiger partial charge is 0.342 e. The standard InChI is InChI=1S/C13H19N3S/c1-13(4-3-5-17-13)10-15-8-11-6-12(7-14)16(2)9-11/h6,9,15H,3-5,8,10H2,1-2H3. The molecule has 0 spiro atoms. The molecule has 0 aromatic carbocycles. The van der Waals surface area contributed by atoms with Gasteiger partial charge in [-0.2, -0.15) is 17.0 Å². The summed E-state index contributed by atoms with van der Waals surface area (Å²) in [6, 6.07) is 4.14. The average Bonchev–Trinajstić information content (AvgIpc) is 2.86. The Labute approximate surface area is 107 Å². The normalized spacial score (nSPS) is 23.8. The van der Waals surface area contributed by atoms with Gasteiger partial charge in [-0.3, -0.25) is 0 Å². The first-order valence-corrected chi connectivity index (χ1v) is 7.01. The van der Waals surface area contributed by atoms with E-state index >= 15 is 0 Å². The lowest BCUT2D eigenvalue weighted by atomic mass is 10.1. The van der Waals surface area contributed by atoms with Gasteiger partial charge in [0.2, 0.25) is 0 Å². The minimum Gasteiger partial charge on any atom is -0.342 e. The van der Waals surface area contributed by atoms with Gasteiger partial charge in [0.05, 0.1) is 0 Å². The maximum absolute atomic E-state index is 8.88. The van der Waals surface area contributed by atoms with Crippen LogP contribution in [0.1, 0.15) is 31.0 Å². The number of nitrogens with one attached hydrogen (secondary N) is 1. The number of hydrogen-bond donors (Lipinski definition) is 1. The fourth-order valence-corrected chi connectivity index (χ4v) is 3.56. The summed E-state index contributed by atoms with van der Waals surface area (Å²) < 4.78 is 2.29. The van der Waals surface area contributed by atoms with E-state index < -0.39 is 0 Å². The first-order chi connectivity index (χ1) is 8.13. The Bertz CT molecular complexity index is 424. The van der Waals surface area contributed by atoms with Gasteiger partial charge in [0.1, 0.15) is 11.8 Å². The van der Waals surface area contributed by atoms with E-state index in [0.29, 0.717) is 4.75 Å². The van der Waals surface area contributed by atoms with E-state index in [1.807, 2.05) is 23.9 Å². The Morgan fingerprint density at radius 3 is 3.06 bits per heavy atom. The molecule has 0 aliphatic carbocycles. The van der Waals surface area contributed by atoms with Gasteiger partial charge in [0.25, 0.3) is 0 Å². The fourth-order valence-electron chi connectivity index (χ4n) is 2.29. The van der Waals surface area contributed by atoms with Gasteiger partial charge in [-0.25, -0.2) is 0 Å². The highest BCUT2D eigenvalue weighted by Gasteiger charge is 2.28. The van der Waals surface area contributed by atoms with E-state index in [0.717, 1.165) is 18.8 Å². The van der Waals surface area contributed by atoms with Gasteiger partial charge in [-0.15, -0.1) is 0 Å². The Hall–Kier alpha value is -0.920. The highest BCUT2D eigenvalue weighted by atomic mass is 32.2. The topological polar surface area (TPSA) is 40.8 Å². The van der Waals surface area contributed by atoms with Crippen molar-refractivity contribution in [1.29, 1.82) is 5.26 Å². The third-order valence-electron chi connectivity index (χ3n) is 3.30. The number of nitriles is 1. The molecule has 1 aliphatic heterocycles. The molecular formula is C13H19N3S. The molecule has 1 aromatic heterocycles. The summed E-state index contributed by atoms with van der Waals surface area (Å²) in [6.07, 6.45) is 4.67. The molecule has 1 atom stereocenters. The molecule has 0 bridgehead atoms. The smallest absolute Gasteiger partial charge is 0.120 e. The van der Waals surface area contributed by atoms with Crippen molar-refractivity contribution >= 4 is 11.8 Å². The van der Waals surface area contributed by atoms with Crippen LogP contribution in [0, 0.1) is 11.3 Å². The average molecular weight is 249 g/mol. The van der Waals surface area contributed by atoms with Crippen molar-refractivity contribution in [3.8, 4) is 6.07 Å². The molecule has 2 heterocycles. The van der Waals surface area contributed by atoms with Gasteiger partial charge >= 0.3 is 0 Å². The van der Waals surface area contributed by atoms with Crippen LogP contribution >= 0.6 is 11.8 Å². The Morgan fingerprint density at radius 2 is 2.47 bits per heavy atom. The molecule has 1 aliphatic rings. The minimum atomic E-state index is 0.410. The van der Waals surface area contributed by atoms with Crippen LogP contribution in [0.25, 0.3) is 0 Å². The van der Waals surface area contributed by atoms with Crippen LogP contribution in [0.15, 0.2) is 12.3 Å². The van der Waals surface area contributed by atoms with Crippen LogP contribution in [0.2, 0.25) is 0 Å². The van der Waals surface area contributed by atoms with E-state index in [1.165, 1.54) is 24.2 Å². The summed E-state index contributed by atoms with van der Waals surface area (Å²) >= 11 is 2.07. The Morgan fingerprint density at radius 1 is 1.65 bits per heavy atom. The van der Waals surface area contributed by atoms with Gasteiger partial charge in [-0.1, -0.05) is 0 Å². The zero-order valence-corrected chi connectivity index (χ0v) is 11.3. The first-order valence-electron chi connectivity index (χ1n) is 6.03. The van der Waals surface area contributed by atoms with Crippen LogP contribution in [-0.2, 0) is 13.6 Å². The third kappa shape index (κ3) is 3.05. The van der Waals surface area contributed by atoms with Gasteiger partial charge in [0, 0.05) is 31.1 Å². The molecule has 0 amide bonds. The van der Waals surface area contributed by atoms with Crippen molar-refractivity contribution in [1.82, 2.24) is 9.88 Å². The lowest BCUT2D eigenvalue weighted by Crippen LogP contribution is -2.32. The Kier molecular flexibility index (Phi) is 3.80. The highest BCUT2D eigenvalue weighted by Crippen LogP contribution is 2.36. The second-order valence-electron chi connectivity index (χ2n) is 4.96. The molecule has 0 saturated carbocycles. The maximum Gasteiger partial charge on any atom is 0.120 e. The van der Waals surface area contributed by atoms with E-state index in [1.54, 1.807) is 0 Å². The van der Waals surface area contributed by atoms with Crippen molar-refractivity contribution in [2.24, 2.45) is 7.05 Å². The number of nitrogens with zero attached hydrogens (tertiary/aromatic N) is 2. The van der Waals surface area contributed by atoms with Crippen molar-refractivity contribution in [2.45, 2.75) is 31.1 Å². The third-order valence-corrected chi connectivity index (χ3v) is 4.84. The van der Waals surface area contributed by atoms with Crippen LogP contribution < -0.4 is 5.32 Å². The number of hydrogen-bond acceptors (Lipinski definition) is 3. The molecule has 1 aromatic rings. The van der Waals surface area contributed by atoms with E-state index in [9.17, 15) is 0 Å². The van der Waals surface area contributed by atoms with Gasteiger partial charge in [0.15, 0.2) is 0 Å². The van der Waals surface area contributed by atoms with Crippen LogP contribution in [0.5, 0.6) is 0 Å². The molecule has 1 fully saturated rings.